The van der Waals surface area contributed by atoms with Gasteiger partial charge in [-0.3, -0.25) is 4.99 Å². The molecule has 27 heavy (non-hydrogen) atoms. The molecule has 0 spiro atoms. The van der Waals surface area contributed by atoms with Crippen LogP contribution < -0.4 is 15.4 Å². The number of guanidine groups is 1. The lowest BCUT2D eigenvalue weighted by Gasteiger charge is -2.22. The molecule has 7 nitrogen and oxygen atoms in total. The monoisotopic (exact) mass is 402 g/mol. The van der Waals surface area contributed by atoms with E-state index in [2.05, 4.69) is 20.3 Å². The second kappa shape index (κ2) is 12.6. The van der Waals surface area contributed by atoms with Crippen molar-refractivity contribution in [3.05, 3.63) is 0 Å². The van der Waals surface area contributed by atoms with E-state index in [4.69, 9.17) is 4.74 Å². The number of rotatable bonds is 11. The summed E-state index contributed by atoms with van der Waals surface area (Å²) in [6.07, 6.45) is 11.0. The van der Waals surface area contributed by atoms with Crippen molar-refractivity contribution in [2.24, 2.45) is 10.9 Å². The first-order chi connectivity index (χ1) is 13.1. The van der Waals surface area contributed by atoms with E-state index in [0.717, 1.165) is 51.3 Å². The highest BCUT2D eigenvalue weighted by Gasteiger charge is 2.17. The second-order valence-electron chi connectivity index (χ2n) is 7.64. The van der Waals surface area contributed by atoms with Crippen LogP contribution in [0.3, 0.4) is 0 Å². The molecule has 1 unspecified atom stereocenters. The van der Waals surface area contributed by atoms with Crippen molar-refractivity contribution >= 4 is 16.0 Å². The van der Waals surface area contributed by atoms with Crippen LogP contribution in [0.5, 0.6) is 0 Å². The van der Waals surface area contributed by atoms with Gasteiger partial charge in [-0.05, 0) is 44.9 Å². The molecule has 1 aliphatic carbocycles. The van der Waals surface area contributed by atoms with Crippen molar-refractivity contribution in [2.75, 3.05) is 38.5 Å². The zero-order valence-electron chi connectivity index (χ0n) is 16.8. The van der Waals surface area contributed by atoms with Gasteiger partial charge in [0.25, 0.3) is 0 Å². The molecule has 1 aliphatic heterocycles. The number of nitrogens with zero attached hydrogens (tertiary/aromatic N) is 1. The minimum atomic E-state index is -3.30. The van der Waals surface area contributed by atoms with Crippen LogP contribution in [0.15, 0.2) is 4.99 Å². The van der Waals surface area contributed by atoms with E-state index in [1.807, 2.05) is 6.92 Å². The normalized spacial score (nSPS) is 22.1. The van der Waals surface area contributed by atoms with E-state index in [-0.39, 0.29) is 11.9 Å². The standard InChI is InChI=1S/C19H38N4O3S/c1-2-20-19(21-12-7-10-17-8-3-4-9-17)22-13-15-27(24,25)23-16-18-11-5-6-14-26-18/h17-18,23H,2-16H2,1H3,(H2,20,21,22). The molecule has 1 atom stereocenters. The second-order valence-corrected chi connectivity index (χ2v) is 9.56. The van der Waals surface area contributed by atoms with Crippen LogP contribution in [-0.4, -0.2) is 59.0 Å². The molecule has 0 aromatic rings. The predicted molar refractivity (Wildman–Crippen MR) is 111 cm³/mol. The highest BCUT2D eigenvalue weighted by atomic mass is 32.2. The highest BCUT2D eigenvalue weighted by molar-refractivity contribution is 7.89. The van der Waals surface area contributed by atoms with E-state index in [1.165, 1.54) is 32.1 Å². The number of sulfonamides is 1. The summed E-state index contributed by atoms with van der Waals surface area (Å²) in [4.78, 5) is 4.57. The predicted octanol–water partition coefficient (Wildman–Crippen LogP) is 2.00. The molecule has 158 valence electrons. The van der Waals surface area contributed by atoms with Gasteiger partial charge in [0, 0.05) is 32.8 Å². The number of hydrogen-bond donors (Lipinski definition) is 3. The van der Waals surface area contributed by atoms with Gasteiger partial charge in [-0.2, -0.15) is 0 Å². The molecule has 3 N–H and O–H groups in total. The van der Waals surface area contributed by atoms with Crippen LogP contribution in [0, 0.1) is 5.92 Å². The number of ether oxygens (including phenoxy) is 1. The number of aliphatic imine (C=N–C) groups is 1. The fourth-order valence-electron chi connectivity index (χ4n) is 3.78. The maximum Gasteiger partial charge on any atom is 0.213 e. The highest BCUT2D eigenvalue weighted by Crippen LogP contribution is 2.28. The van der Waals surface area contributed by atoms with Crippen LogP contribution in [0.1, 0.15) is 64.7 Å². The summed E-state index contributed by atoms with van der Waals surface area (Å²) < 4.78 is 32.5. The molecule has 0 radical (unpaired) electrons. The van der Waals surface area contributed by atoms with Crippen molar-refractivity contribution in [1.29, 1.82) is 0 Å². The molecule has 1 saturated carbocycles. The molecule has 8 heteroatoms. The smallest absolute Gasteiger partial charge is 0.213 e. The lowest BCUT2D eigenvalue weighted by Crippen LogP contribution is -2.42. The average molecular weight is 403 g/mol. The Labute approximate surface area is 165 Å². The lowest BCUT2D eigenvalue weighted by atomic mass is 10.0. The summed E-state index contributed by atoms with van der Waals surface area (Å²) >= 11 is 0. The Bertz CT molecular complexity index is 527. The van der Waals surface area contributed by atoms with Crippen LogP contribution in [0.4, 0.5) is 0 Å². The van der Waals surface area contributed by atoms with Crippen LogP contribution in [0.25, 0.3) is 0 Å². The minimum absolute atomic E-state index is 0.0141. The summed E-state index contributed by atoms with van der Waals surface area (Å²) in [6.45, 7) is 5.01. The molecule has 2 rings (SSSR count). The Morgan fingerprint density at radius 1 is 1.11 bits per heavy atom. The van der Waals surface area contributed by atoms with Crippen molar-refractivity contribution in [3.8, 4) is 0 Å². The SMILES string of the molecule is CCNC(=NCCCC1CCCC1)NCCS(=O)(=O)NCC1CCCCO1. The Balaban J connectivity index is 1.63. The largest absolute Gasteiger partial charge is 0.377 e. The average Bonchev–Trinajstić information content (AvgIpc) is 3.18. The third kappa shape index (κ3) is 9.76. The van der Waals surface area contributed by atoms with Crippen molar-refractivity contribution in [1.82, 2.24) is 15.4 Å². The van der Waals surface area contributed by atoms with Crippen LogP contribution >= 0.6 is 0 Å². The van der Waals surface area contributed by atoms with Gasteiger partial charge in [0.2, 0.25) is 10.0 Å². The topological polar surface area (TPSA) is 91.8 Å². The maximum atomic E-state index is 12.2. The summed E-state index contributed by atoms with van der Waals surface area (Å²) in [5.41, 5.74) is 0. The van der Waals surface area contributed by atoms with Gasteiger partial charge in [0.05, 0.1) is 11.9 Å². The van der Waals surface area contributed by atoms with E-state index in [1.54, 1.807) is 0 Å². The van der Waals surface area contributed by atoms with E-state index >= 15 is 0 Å². The van der Waals surface area contributed by atoms with E-state index < -0.39 is 10.0 Å². The Kier molecular flexibility index (Phi) is 10.4. The summed E-state index contributed by atoms with van der Waals surface area (Å²) in [6, 6.07) is 0. The van der Waals surface area contributed by atoms with Crippen LogP contribution in [0.2, 0.25) is 0 Å². The van der Waals surface area contributed by atoms with Gasteiger partial charge in [-0.15, -0.1) is 0 Å². The van der Waals surface area contributed by atoms with E-state index in [9.17, 15) is 8.42 Å². The van der Waals surface area contributed by atoms with Crippen molar-refractivity contribution < 1.29 is 13.2 Å². The van der Waals surface area contributed by atoms with Gasteiger partial charge >= 0.3 is 0 Å². The first-order valence-electron chi connectivity index (χ1n) is 10.7. The fourth-order valence-corrected chi connectivity index (χ4v) is 4.73. The van der Waals surface area contributed by atoms with Gasteiger partial charge in [-0.25, -0.2) is 13.1 Å². The quantitative estimate of drug-likeness (QED) is 0.279. The minimum Gasteiger partial charge on any atom is -0.377 e. The Morgan fingerprint density at radius 2 is 1.89 bits per heavy atom. The van der Waals surface area contributed by atoms with E-state index in [0.29, 0.717) is 19.0 Å². The fraction of sp³-hybridized carbons (Fsp3) is 0.947. The van der Waals surface area contributed by atoms with Crippen molar-refractivity contribution in [2.45, 2.75) is 70.8 Å². The molecular formula is C19H38N4O3S. The van der Waals surface area contributed by atoms with Gasteiger partial charge in [0.15, 0.2) is 5.96 Å². The van der Waals surface area contributed by atoms with Gasteiger partial charge in [-0.1, -0.05) is 25.7 Å². The third-order valence-electron chi connectivity index (χ3n) is 5.33. The molecular weight excluding hydrogens is 364 g/mol. The van der Waals surface area contributed by atoms with Crippen molar-refractivity contribution in [3.63, 3.8) is 0 Å². The molecule has 2 aliphatic rings. The van der Waals surface area contributed by atoms with Gasteiger partial charge < -0.3 is 15.4 Å². The molecule has 1 saturated heterocycles. The summed E-state index contributed by atoms with van der Waals surface area (Å²) in [5.74, 6) is 1.63. The summed E-state index contributed by atoms with van der Waals surface area (Å²) in [5, 5.41) is 6.32. The third-order valence-corrected chi connectivity index (χ3v) is 6.68. The molecule has 0 aromatic carbocycles. The van der Waals surface area contributed by atoms with Crippen LogP contribution in [-0.2, 0) is 14.8 Å². The maximum absolute atomic E-state index is 12.2. The molecule has 1 heterocycles. The zero-order chi connectivity index (χ0) is 19.4. The Morgan fingerprint density at radius 3 is 2.59 bits per heavy atom. The van der Waals surface area contributed by atoms with Gasteiger partial charge in [0.1, 0.15) is 0 Å². The first kappa shape index (κ1) is 22.4. The molecule has 2 fully saturated rings. The number of hydrogen-bond acceptors (Lipinski definition) is 4. The molecule has 0 amide bonds. The number of nitrogens with one attached hydrogen (secondary N) is 3. The lowest BCUT2D eigenvalue weighted by molar-refractivity contribution is 0.0200. The Hall–Kier alpha value is -0.860. The zero-order valence-corrected chi connectivity index (χ0v) is 17.7. The molecule has 0 aromatic heterocycles. The molecule has 0 bridgehead atoms. The summed E-state index contributed by atoms with van der Waals surface area (Å²) in [7, 11) is -3.30. The first-order valence-corrected chi connectivity index (χ1v) is 12.4.